The van der Waals surface area contributed by atoms with Crippen LogP contribution in [0.5, 0.6) is 0 Å². The topological polar surface area (TPSA) is 40.4 Å². The zero-order valence-electron chi connectivity index (χ0n) is 5.24. The van der Waals surface area contributed by atoms with Crippen LogP contribution in [-0.4, -0.2) is 4.98 Å². The molecule has 0 saturated heterocycles. The fraction of sp³-hybridized carbons (Fsp3) is 0. The van der Waals surface area contributed by atoms with Crippen LogP contribution in [0, 0.1) is 5.21 Å². The summed E-state index contributed by atoms with van der Waals surface area (Å²) in [6.07, 6.45) is 6.64. The van der Waals surface area contributed by atoms with Crippen LogP contribution >= 0.6 is 0 Å². The lowest BCUT2D eigenvalue weighted by molar-refractivity contribution is -0.710. The number of hydroxylamine groups is 1. The average molecular weight is 134 g/mol. The fourth-order valence-corrected chi connectivity index (χ4v) is 1.01. The maximum absolute atomic E-state index is 10.9. The Morgan fingerprint density at radius 1 is 1.50 bits per heavy atom. The average Bonchev–Trinajstić information content (AvgIpc) is 2.34. The van der Waals surface area contributed by atoms with E-state index in [1.165, 1.54) is 0 Å². The van der Waals surface area contributed by atoms with Crippen molar-refractivity contribution in [1.29, 1.82) is 0 Å². The van der Waals surface area contributed by atoms with Gasteiger partial charge in [-0.15, -0.1) is 0 Å². The van der Waals surface area contributed by atoms with Crippen molar-refractivity contribution in [1.82, 2.24) is 4.98 Å². The second-order valence-corrected chi connectivity index (χ2v) is 2.16. The van der Waals surface area contributed by atoms with Gasteiger partial charge in [-0.05, 0) is 6.07 Å². The minimum absolute atomic E-state index is 0.0584. The molecule has 0 saturated carbocycles. The lowest BCUT2D eigenvalue weighted by Crippen LogP contribution is -2.95. The van der Waals surface area contributed by atoms with Crippen molar-refractivity contribution in [3.05, 3.63) is 35.4 Å². The molecule has 0 aromatic carbocycles. The summed E-state index contributed by atoms with van der Waals surface area (Å²) in [5.41, 5.74) is 1.68. The van der Waals surface area contributed by atoms with Gasteiger partial charge >= 0.3 is 0 Å². The lowest BCUT2D eigenvalue weighted by atomic mass is 10.2. The van der Waals surface area contributed by atoms with Gasteiger partial charge in [-0.1, -0.05) is 0 Å². The highest BCUT2D eigenvalue weighted by molar-refractivity contribution is 5.62. The molecule has 1 aromatic heterocycles. The van der Waals surface area contributed by atoms with E-state index < -0.39 is 0 Å². The number of nitrogens with zero attached hydrogens (tertiary/aromatic N) is 1. The highest BCUT2D eigenvalue weighted by Gasteiger charge is 2.10. The van der Waals surface area contributed by atoms with Gasteiger partial charge in [-0.3, -0.25) is 4.98 Å². The number of aromatic nitrogens is 1. The zero-order chi connectivity index (χ0) is 6.97. The monoisotopic (exact) mass is 134 g/mol. The molecule has 0 spiro atoms. The Balaban J connectivity index is 2.59. The Hall–Kier alpha value is -1.19. The van der Waals surface area contributed by atoms with Crippen molar-refractivity contribution >= 4 is 11.8 Å². The molecule has 10 heavy (non-hydrogen) atoms. The predicted octanol–water partition coefficient (Wildman–Crippen LogP) is 0.0801. The van der Waals surface area contributed by atoms with Gasteiger partial charge in [-0.2, -0.15) is 0 Å². The van der Waals surface area contributed by atoms with Crippen molar-refractivity contribution in [2.24, 2.45) is 0 Å². The first kappa shape index (κ1) is 5.58. The van der Waals surface area contributed by atoms with Crippen molar-refractivity contribution < 1.29 is 5.06 Å². The molecule has 1 aliphatic rings. The number of fused-ring (bicyclic) bond motifs is 1. The first-order valence-electron chi connectivity index (χ1n) is 3.04. The molecule has 50 valence electrons. The third-order valence-corrected chi connectivity index (χ3v) is 1.53. The largest absolute Gasteiger partial charge is 0.624 e. The molecule has 2 rings (SSSR count). The second-order valence-electron chi connectivity index (χ2n) is 2.16. The highest BCUT2D eigenvalue weighted by atomic mass is 16.5. The normalized spacial score (nSPS) is 21.1. The third kappa shape index (κ3) is 0.650. The molecule has 2 heterocycles. The molecule has 3 nitrogen and oxygen atoms in total. The van der Waals surface area contributed by atoms with Crippen LogP contribution in [0.25, 0.3) is 6.08 Å². The molecule has 0 radical (unpaired) electrons. The van der Waals surface area contributed by atoms with E-state index in [-0.39, 0.29) is 5.06 Å². The third-order valence-electron chi connectivity index (χ3n) is 1.53. The molecule has 1 N–H and O–H groups in total. The summed E-state index contributed by atoms with van der Waals surface area (Å²) >= 11 is 0. The van der Waals surface area contributed by atoms with E-state index in [4.69, 9.17) is 0 Å². The first-order valence-corrected chi connectivity index (χ1v) is 3.04. The van der Waals surface area contributed by atoms with Gasteiger partial charge in [0, 0.05) is 17.8 Å². The summed E-state index contributed by atoms with van der Waals surface area (Å²) in [6.45, 7) is 0. The molecular weight excluding hydrogens is 128 g/mol. The number of hydrogen-bond acceptors (Lipinski definition) is 2. The molecule has 0 amide bonds. The van der Waals surface area contributed by atoms with Crippen LogP contribution in [0.4, 0.5) is 5.69 Å². The van der Waals surface area contributed by atoms with E-state index in [9.17, 15) is 5.21 Å². The van der Waals surface area contributed by atoms with Crippen molar-refractivity contribution in [3.8, 4) is 0 Å². The molecule has 1 unspecified atom stereocenters. The fourth-order valence-electron chi connectivity index (χ4n) is 1.01. The summed E-state index contributed by atoms with van der Waals surface area (Å²) in [7, 11) is 0. The van der Waals surface area contributed by atoms with Crippen molar-refractivity contribution in [2.75, 3.05) is 0 Å². The van der Waals surface area contributed by atoms with Crippen LogP contribution in [0.1, 0.15) is 5.56 Å². The maximum atomic E-state index is 10.9. The lowest BCUT2D eigenvalue weighted by Gasteiger charge is -2.11. The van der Waals surface area contributed by atoms with Crippen LogP contribution < -0.4 is 5.06 Å². The summed E-state index contributed by atoms with van der Waals surface area (Å²) in [5, 5.41) is 11.0. The van der Waals surface area contributed by atoms with Gasteiger partial charge in [0.05, 0.1) is 6.20 Å². The zero-order valence-corrected chi connectivity index (χ0v) is 5.24. The molecular formula is C7H6N2O. The van der Waals surface area contributed by atoms with E-state index in [0.717, 1.165) is 5.56 Å². The Morgan fingerprint density at radius 2 is 2.40 bits per heavy atom. The van der Waals surface area contributed by atoms with E-state index in [1.54, 1.807) is 24.7 Å². The second kappa shape index (κ2) is 1.90. The quantitative estimate of drug-likeness (QED) is 0.510. The highest BCUT2D eigenvalue weighted by Crippen LogP contribution is 2.13. The number of rotatable bonds is 0. The van der Waals surface area contributed by atoms with E-state index in [0.29, 0.717) is 5.69 Å². The van der Waals surface area contributed by atoms with Gasteiger partial charge in [-0.25, -0.2) is 0 Å². The van der Waals surface area contributed by atoms with Gasteiger partial charge in [0.15, 0.2) is 5.69 Å². The Morgan fingerprint density at radius 3 is 3.20 bits per heavy atom. The van der Waals surface area contributed by atoms with E-state index >= 15 is 0 Å². The molecule has 1 aromatic rings. The molecule has 0 fully saturated rings. The maximum Gasteiger partial charge on any atom is 0.161 e. The molecule has 0 aliphatic carbocycles. The van der Waals surface area contributed by atoms with Gasteiger partial charge in [0.25, 0.3) is 0 Å². The summed E-state index contributed by atoms with van der Waals surface area (Å²) in [5.74, 6) is 0. The SMILES string of the molecule is [O-][NH+]1C=Cc2ccncc21. The number of nitrogens with one attached hydrogen (secondary N) is 1. The molecule has 1 atom stereocenters. The van der Waals surface area contributed by atoms with Gasteiger partial charge in [0.2, 0.25) is 0 Å². The summed E-state index contributed by atoms with van der Waals surface area (Å²) in [4.78, 5) is 3.85. The van der Waals surface area contributed by atoms with Crippen LogP contribution in [-0.2, 0) is 0 Å². The van der Waals surface area contributed by atoms with Gasteiger partial charge in [0.1, 0.15) is 6.20 Å². The smallest absolute Gasteiger partial charge is 0.161 e. The Labute approximate surface area is 58.2 Å². The minimum Gasteiger partial charge on any atom is -0.624 e. The van der Waals surface area contributed by atoms with Crippen LogP contribution in [0.15, 0.2) is 24.7 Å². The number of quaternary nitrogens is 1. The molecule has 1 aliphatic heterocycles. The number of hydrogen-bond donors (Lipinski definition) is 1. The van der Waals surface area contributed by atoms with Crippen LogP contribution in [0.2, 0.25) is 0 Å². The Kier molecular flexibility index (Phi) is 1.06. The first-order chi connectivity index (χ1) is 4.88. The summed E-state index contributed by atoms with van der Waals surface area (Å²) in [6, 6.07) is 1.83. The standard InChI is InChI=1S/C7H6N2O/c10-9-4-2-6-1-3-8-5-7(6)9/h1-5,9H. The van der Waals surface area contributed by atoms with Crippen LogP contribution in [0.3, 0.4) is 0 Å². The van der Waals surface area contributed by atoms with E-state index in [1.807, 2.05) is 6.07 Å². The van der Waals surface area contributed by atoms with E-state index in [2.05, 4.69) is 4.98 Å². The Bertz CT molecular complexity index is 283. The number of pyridine rings is 1. The molecule has 3 heteroatoms. The minimum atomic E-state index is 0.0584. The van der Waals surface area contributed by atoms with Crippen molar-refractivity contribution in [3.63, 3.8) is 0 Å². The summed E-state index contributed by atoms with van der Waals surface area (Å²) < 4.78 is 0. The van der Waals surface area contributed by atoms with Gasteiger partial charge < -0.3 is 10.3 Å². The molecule has 0 bridgehead atoms. The predicted molar refractivity (Wildman–Crippen MR) is 37.3 cm³/mol. The van der Waals surface area contributed by atoms with Crippen molar-refractivity contribution in [2.45, 2.75) is 0 Å².